The number of aliphatic imine (C=N–C) groups is 1. The molecule has 24 heavy (non-hydrogen) atoms. The molecule has 3 aromatic heterocycles. The van der Waals surface area contributed by atoms with Gasteiger partial charge in [0, 0.05) is 17.5 Å². The van der Waals surface area contributed by atoms with Crippen molar-refractivity contribution in [3.05, 3.63) is 32.2 Å². The van der Waals surface area contributed by atoms with Gasteiger partial charge in [-0.15, -0.1) is 10.2 Å². The van der Waals surface area contributed by atoms with E-state index in [2.05, 4.69) is 25.4 Å². The lowest BCUT2D eigenvalue weighted by atomic mass is 10.2. The topological polar surface area (TPSA) is 142 Å². The van der Waals surface area contributed by atoms with E-state index in [0.29, 0.717) is 5.69 Å². The first-order valence-corrected chi connectivity index (χ1v) is 7.85. The van der Waals surface area contributed by atoms with Gasteiger partial charge in [0.25, 0.3) is 11.4 Å². The van der Waals surface area contributed by atoms with E-state index in [1.54, 1.807) is 6.92 Å². The number of aromatic nitrogens is 6. The maximum atomic E-state index is 12.5. The lowest BCUT2D eigenvalue weighted by Crippen LogP contribution is -2.39. The van der Waals surface area contributed by atoms with Crippen molar-refractivity contribution in [2.24, 2.45) is 4.99 Å². The quantitative estimate of drug-likeness (QED) is 0.234. The molecule has 0 saturated heterocycles. The van der Waals surface area contributed by atoms with Gasteiger partial charge in [-0.3, -0.25) is 0 Å². The predicted octanol–water partition coefficient (Wildman–Crippen LogP) is 0.186. The zero-order valence-electron chi connectivity index (χ0n) is 13.3. The molecule has 0 spiro atoms. The Morgan fingerprint density at radius 2 is 2.12 bits per heavy atom. The third-order valence-corrected chi connectivity index (χ3v) is 4.40. The summed E-state index contributed by atoms with van der Waals surface area (Å²) in [4.78, 5) is 14.5. The van der Waals surface area contributed by atoms with Crippen LogP contribution in [0, 0.1) is 24.0 Å². The van der Waals surface area contributed by atoms with E-state index < -0.39 is 10.8 Å². The molecule has 126 valence electrons. The molecule has 3 rings (SSSR count). The normalized spacial score (nSPS) is 12.5. The highest BCUT2D eigenvalue weighted by Crippen LogP contribution is 2.24. The molecule has 0 aliphatic carbocycles. The molecule has 11 nitrogen and oxygen atoms in total. The average molecular weight is 350 g/mol. The van der Waals surface area contributed by atoms with Crippen LogP contribution < -0.4 is 9.74 Å². The van der Waals surface area contributed by atoms with Crippen molar-refractivity contribution in [3.8, 4) is 0 Å². The largest absolute Gasteiger partial charge is 0.855 e. The Balaban J connectivity index is 2.10. The molecule has 0 atom stereocenters. The summed E-state index contributed by atoms with van der Waals surface area (Å²) >= 11 is 1.23. The Bertz CT molecular complexity index is 967. The van der Waals surface area contributed by atoms with Crippen molar-refractivity contribution >= 4 is 28.2 Å². The molecular formula is C12H14N8O3S. The van der Waals surface area contributed by atoms with Gasteiger partial charge in [-0.2, -0.15) is 5.10 Å². The Morgan fingerprint density at radius 1 is 1.42 bits per heavy atom. The van der Waals surface area contributed by atoms with Crippen LogP contribution in [-0.2, 0) is 0 Å². The highest BCUT2D eigenvalue weighted by Gasteiger charge is 2.33. The fourth-order valence-electron chi connectivity index (χ4n) is 2.19. The van der Waals surface area contributed by atoms with Gasteiger partial charge in [-0.1, -0.05) is 25.2 Å². The van der Waals surface area contributed by atoms with Crippen molar-refractivity contribution in [3.63, 3.8) is 0 Å². The highest BCUT2D eigenvalue weighted by molar-refractivity contribution is 7.15. The third-order valence-electron chi connectivity index (χ3n) is 3.28. The van der Waals surface area contributed by atoms with Crippen LogP contribution >= 0.6 is 11.3 Å². The molecule has 0 aliphatic rings. The molecule has 3 heterocycles. The molecule has 1 N–H and O–H groups in total. The van der Waals surface area contributed by atoms with E-state index in [1.165, 1.54) is 22.9 Å². The second-order valence-electron chi connectivity index (χ2n) is 5.45. The number of nitro groups is 1. The number of aromatic amines is 1. The van der Waals surface area contributed by atoms with Gasteiger partial charge in [0.1, 0.15) is 10.1 Å². The van der Waals surface area contributed by atoms with Crippen molar-refractivity contribution in [2.45, 2.75) is 33.6 Å². The van der Waals surface area contributed by atoms with Gasteiger partial charge < -0.3 is 15.2 Å². The Morgan fingerprint density at radius 3 is 2.71 bits per heavy atom. The molecular weight excluding hydrogens is 336 g/mol. The third kappa shape index (κ3) is 2.50. The number of rotatable bonds is 4. The van der Waals surface area contributed by atoms with Crippen molar-refractivity contribution in [2.75, 3.05) is 0 Å². The minimum atomic E-state index is -0.602. The number of aryl methyl sites for hydroxylation is 2. The summed E-state index contributed by atoms with van der Waals surface area (Å²) in [7, 11) is 0. The summed E-state index contributed by atoms with van der Waals surface area (Å²) in [6, 6.07) is 0. The molecule has 0 amide bonds. The number of fused-ring (bicyclic) bond motifs is 1. The van der Waals surface area contributed by atoms with E-state index in [1.807, 2.05) is 13.8 Å². The first kappa shape index (κ1) is 16.0. The van der Waals surface area contributed by atoms with Crippen LogP contribution in [0.2, 0.25) is 0 Å². The molecule has 0 unspecified atom stereocenters. The molecule has 3 aromatic rings. The number of H-pyrrole nitrogens is 1. The van der Waals surface area contributed by atoms with Crippen LogP contribution in [0.4, 0.5) is 10.9 Å². The lowest BCUT2D eigenvalue weighted by molar-refractivity contribution is -0.683. The van der Waals surface area contributed by atoms with E-state index in [4.69, 9.17) is 0 Å². The first-order chi connectivity index (χ1) is 11.3. The number of nitrogens with zero attached hydrogens (tertiary/aromatic N) is 7. The minimum absolute atomic E-state index is 0.104. The zero-order chi connectivity index (χ0) is 17.6. The maximum absolute atomic E-state index is 12.5. The standard InChI is InChI=1S/C12H14N8O3S/c1-5(2)10-14-15-12(24-10)13-9(21)8-6(3)16-19-11(20(22)23)7(4)17-18(8)19/h5H,1-4H3,(H-,13,15,16,17,21). The van der Waals surface area contributed by atoms with Crippen molar-refractivity contribution in [1.82, 2.24) is 25.0 Å². The van der Waals surface area contributed by atoms with Crippen LogP contribution in [0.25, 0.3) is 0 Å². The second-order valence-corrected chi connectivity index (χ2v) is 6.43. The molecule has 0 aromatic carbocycles. The first-order valence-electron chi connectivity index (χ1n) is 7.03. The summed E-state index contributed by atoms with van der Waals surface area (Å²) in [5.74, 6) is -0.653. The van der Waals surface area contributed by atoms with Crippen molar-refractivity contribution in [1.29, 1.82) is 0 Å². The molecule has 0 bridgehead atoms. The van der Waals surface area contributed by atoms with E-state index in [-0.39, 0.29) is 28.3 Å². The van der Waals surface area contributed by atoms with Gasteiger partial charge >= 0.3 is 5.82 Å². The zero-order valence-corrected chi connectivity index (χ0v) is 14.2. The van der Waals surface area contributed by atoms with Crippen LogP contribution in [0.5, 0.6) is 0 Å². The van der Waals surface area contributed by atoms with Gasteiger partial charge in [0.15, 0.2) is 10.3 Å². The average Bonchev–Trinajstić information content (AvgIpc) is 3.11. The number of nitrogens with one attached hydrogen (secondary N) is 1. The summed E-state index contributed by atoms with van der Waals surface area (Å²) in [6.45, 7) is 7.04. The van der Waals surface area contributed by atoms with E-state index in [9.17, 15) is 15.2 Å². The SMILES string of the molecule is Cc1nn2c([N+](=O)[O-])c(C)[nH][n+]2c1/C([O-])=N/c1nnc(C(C)C)s1. The van der Waals surface area contributed by atoms with Gasteiger partial charge in [-0.05, 0) is 11.8 Å². The summed E-state index contributed by atoms with van der Waals surface area (Å²) < 4.78 is 2.24. The van der Waals surface area contributed by atoms with E-state index >= 15 is 0 Å². The lowest BCUT2D eigenvalue weighted by Gasteiger charge is -2.01. The highest BCUT2D eigenvalue weighted by atomic mass is 32.1. The molecule has 0 saturated carbocycles. The van der Waals surface area contributed by atoms with Crippen LogP contribution in [0.3, 0.4) is 0 Å². The van der Waals surface area contributed by atoms with Gasteiger partial charge in [-0.25, -0.2) is 4.99 Å². The fraction of sp³-hybridized carbons (Fsp3) is 0.417. The fourth-order valence-corrected chi connectivity index (χ4v) is 2.90. The smallest absolute Gasteiger partial charge is 0.436 e. The molecule has 0 aliphatic heterocycles. The Labute approximate surface area is 139 Å². The number of hydrogen-bond acceptors (Lipinski definition) is 8. The Hall–Kier alpha value is -2.89. The molecule has 0 radical (unpaired) electrons. The Kier molecular flexibility index (Phi) is 3.75. The van der Waals surface area contributed by atoms with Crippen LogP contribution in [0.1, 0.15) is 41.9 Å². The predicted molar refractivity (Wildman–Crippen MR) is 81.5 cm³/mol. The number of hydrogen-bond donors (Lipinski definition) is 1. The van der Waals surface area contributed by atoms with Gasteiger partial charge in [0.2, 0.25) is 5.13 Å². The van der Waals surface area contributed by atoms with Crippen molar-refractivity contribution < 1.29 is 14.7 Å². The monoisotopic (exact) mass is 350 g/mol. The second kappa shape index (κ2) is 5.63. The molecule has 12 heteroatoms. The van der Waals surface area contributed by atoms with E-state index in [0.717, 1.165) is 9.64 Å². The van der Waals surface area contributed by atoms with Crippen LogP contribution in [-0.4, -0.2) is 35.8 Å². The summed E-state index contributed by atoms with van der Waals surface area (Å²) in [5, 5.41) is 39.3. The maximum Gasteiger partial charge on any atom is 0.436 e. The minimum Gasteiger partial charge on any atom is -0.855 e. The molecule has 0 fully saturated rings. The van der Waals surface area contributed by atoms with Crippen LogP contribution in [0.15, 0.2) is 4.99 Å². The summed E-state index contributed by atoms with van der Waals surface area (Å²) in [5.41, 5.74) is 0.698. The van der Waals surface area contributed by atoms with Gasteiger partial charge in [0.05, 0.1) is 5.90 Å². The summed E-state index contributed by atoms with van der Waals surface area (Å²) in [6.07, 6.45) is 0.